The van der Waals surface area contributed by atoms with E-state index in [4.69, 9.17) is 17.4 Å². The van der Waals surface area contributed by atoms with Crippen molar-refractivity contribution in [2.45, 2.75) is 50.9 Å². The Hall–Kier alpha value is 0.310. The highest BCUT2D eigenvalue weighted by molar-refractivity contribution is 7.60. The lowest BCUT2D eigenvalue weighted by Crippen LogP contribution is -2.32. The molecule has 0 bridgehead atoms. The van der Waals surface area contributed by atoms with Crippen molar-refractivity contribution in [3.8, 4) is 0 Å². The van der Waals surface area contributed by atoms with Crippen molar-refractivity contribution in [1.29, 1.82) is 0 Å². The second kappa shape index (κ2) is 4.52. The molecule has 0 radical (unpaired) electrons. The van der Waals surface area contributed by atoms with Crippen molar-refractivity contribution in [3.05, 3.63) is 0 Å². The molecule has 0 heterocycles. The van der Waals surface area contributed by atoms with Crippen molar-refractivity contribution in [2.75, 3.05) is 6.61 Å². The van der Waals surface area contributed by atoms with E-state index >= 15 is 0 Å². The van der Waals surface area contributed by atoms with Crippen LogP contribution in [0, 0.1) is 5.92 Å². The Morgan fingerprint density at radius 2 is 2.08 bits per heavy atom. The third-order valence-corrected chi connectivity index (χ3v) is 3.12. The van der Waals surface area contributed by atoms with Gasteiger partial charge in [0, 0.05) is 6.61 Å². The molecule has 0 amide bonds. The minimum Gasteiger partial charge on any atom is -0.757 e. The van der Waals surface area contributed by atoms with E-state index in [9.17, 15) is 0 Å². The van der Waals surface area contributed by atoms with Crippen LogP contribution in [-0.4, -0.2) is 11.5 Å². The summed E-state index contributed by atoms with van der Waals surface area (Å²) in [5, 5.41) is 0. The number of rotatable bonds is 6. The topological polar surface area (TPSA) is 9.23 Å². The van der Waals surface area contributed by atoms with E-state index in [0.717, 1.165) is 13.0 Å². The van der Waals surface area contributed by atoms with Crippen LogP contribution < -0.4 is 0 Å². The molecule has 1 fully saturated rings. The van der Waals surface area contributed by atoms with Crippen LogP contribution in [0.15, 0.2) is 0 Å². The highest BCUT2D eigenvalue weighted by atomic mass is 32.1. The summed E-state index contributed by atoms with van der Waals surface area (Å²) in [6, 6.07) is 0. The van der Waals surface area contributed by atoms with Gasteiger partial charge in [0.15, 0.2) is 0 Å². The Morgan fingerprint density at radius 3 is 2.50 bits per heavy atom. The first-order valence-electron chi connectivity index (χ1n) is 5.07. The molecule has 0 aromatic heterocycles. The van der Waals surface area contributed by atoms with Crippen molar-refractivity contribution in [3.63, 3.8) is 0 Å². The molecule has 72 valence electrons. The quantitative estimate of drug-likeness (QED) is 0.591. The van der Waals surface area contributed by atoms with Crippen LogP contribution in [0.25, 0.3) is 0 Å². The summed E-state index contributed by atoms with van der Waals surface area (Å²) in [7, 11) is 0. The maximum atomic E-state index is 5.67. The maximum absolute atomic E-state index is 5.67. The fraction of sp³-hybridized carbons (Fsp3) is 1.00. The summed E-state index contributed by atoms with van der Waals surface area (Å²) < 4.78 is 5.67. The van der Waals surface area contributed by atoms with Crippen molar-refractivity contribution in [2.24, 2.45) is 5.92 Å². The van der Waals surface area contributed by atoms with E-state index in [1.807, 2.05) is 6.92 Å². The summed E-state index contributed by atoms with van der Waals surface area (Å²) in [5.74, 6) is 0.680. The fourth-order valence-electron chi connectivity index (χ4n) is 1.58. The Labute approximate surface area is 81.3 Å². The molecule has 0 aliphatic heterocycles. The van der Waals surface area contributed by atoms with Gasteiger partial charge >= 0.3 is 0 Å². The smallest absolute Gasteiger partial charge is 0.0418 e. The van der Waals surface area contributed by atoms with Gasteiger partial charge in [-0.15, -0.1) is 0 Å². The molecule has 1 rings (SSSR count). The predicted molar refractivity (Wildman–Crippen MR) is 54.0 cm³/mol. The van der Waals surface area contributed by atoms with Crippen molar-refractivity contribution >= 4 is 12.6 Å². The minimum absolute atomic E-state index is 0.204. The molecule has 0 aromatic carbocycles. The van der Waals surface area contributed by atoms with E-state index in [1.54, 1.807) is 0 Å². The molecule has 1 aliphatic carbocycles. The average molecular weight is 187 g/mol. The highest BCUT2D eigenvalue weighted by Crippen LogP contribution is 2.43. The van der Waals surface area contributed by atoms with Crippen LogP contribution in [0.5, 0.6) is 0 Å². The molecular formula is C10H19OS-. The molecule has 1 nitrogen and oxygen atoms in total. The molecule has 12 heavy (non-hydrogen) atoms. The Bertz CT molecular complexity index is 134. The number of ether oxygens (including phenoxy) is 1. The largest absolute Gasteiger partial charge is 0.757 e. The molecule has 1 aliphatic rings. The molecule has 0 spiro atoms. The van der Waals surface area contributed by atoms with Crippen LogP contribution >= 0.6 is 0 Å². The number of hydrogen-bond acceptors (Lipinski definition) is 2. The molecular weight excluding hydrogens is 168 g/mol. The maximum Gasteiger partial charge on any atom is 0.0418 e. The highest BCUT2D eigenvalue weighted by Gasteiger charge is 2.34. The Kier molecular flexibility index (Phi) is 3.91. The zero-order valence-electron chi connectivity index (χ0n) is 8.14. The molecule has 1 saturated carbocycles. The van der Waals surface area contributed by atoms with E-state index in [0.29, 0.717) is 5.92 Å². The van der Waals surface area contributed by atoms with Gasteiger partial charge in [-0.05, 0) is 37.0 Å². The van der Waals surface area contributed by atoms with Gasteiger partial charge in [0.2, 0.25) is 0 Å². The molecule has 0 N–H and O–H groups in total. The van der Waals surface area contributed by atoms with Gasteiger partial charge in [-0.3, -0.25) is 0 Å². The number of unbranched alkanes of at least 4 members (excludes halogenated alkanes) is 1. The first-order chi connectivity index (χ1) is 5.73. The molecule has 1 unspecified atom stereocenters. The van der Waals surface area contributed by atoms with Gasteiger partial charge in [0.25, 0.3) is 0 Å². The molecule has 0 saturated heterocycles. The van der Waals surface area contributed by atoms with E-state index in [2.05, 4.69) is 6.92 Å². The average Bonchev–Trinajstić information content (AvgIpc) is 2.84. The lowest BCUT2D eigenvalue weighted by molar-refractivity contribution is 0.0111. The van der Waals surface area contributed by atoms with Gasteiger partial charge in [0.05, 0.1) is 0 Å². The third kappa shape index (κ3) is 2.67. The molecule has 0 aromatic rings. The van der Waals surface area contributed by atoms with E-state index in [-0.39, 0.29) is 4.93 Å². The normalized spacial score (nSPS) is 22.2. The monoisotopic (exact) mass is 187 g/mol. The summed E-state index contributed by atoms with van der Waals surface area (Å²) in [5.41, 5.74) is 0. The van der Waals surface area contributed by atoms with Gasteiger partial charge in [-0.1, -0.05) is 19.8 Å². The summed E-state index contributed by atoms with van der Waals surface area (Å²) in [6.07, 6.45) is 6.07. The van der Waals surface area contributed by atoms with Crippen LogP contribution in [-0.2, 0) is 17.4 Å². The summed E-state index contributed by atoms with van der Waals surface area (Å²) in [6.45, 7) is 5.01. The zero-order valence-corrected chi connectivity index (χ0v) is 8.95. The Morgan fingerprint density at radius 1 is 1.42 bits per heavy atom. The second-order valence-corrected chi connectivity index (χ2v) is 4.31. The van der Waals surface area contributed by atoms with Crippen LogP contribution in [0.2, 0.25) is 0 Å². The molecule has 2 heteroatoms. The van der Waals surface area contributed by atoms with Gasteiger partial charge < -0.3 is 17.4 Å². The third-order valence-electron chi connectivity index (χ3n) is 2.47. The predicted octanol–water partition coefficient (Wildman–Crippen LogP) is 2.87. The van der Waals surface area contributed by atoms with Crippen LogP contribution in [0.3, 0.4) is 0 Å². The fourth-order valence-corrected chi connectivity index (χ4v) is 2.08. The first kappa shape index (κ1) is 10.4. The van der Waals surface area contributed by atoms with Gasteiger partial charge in [-0.25, -0.2) is 0 Å². The molecule has 1 atom stereocenters. The summed E-state index contributed by atoms with van der Waals surface area (Å²) in [4.78, 5) is -0.204. The lowest BCUT2D eigenvalue weighted by Gasteiger charge is -2.41. The SMILES string of the molecule is CCCCC([S-])(OCC)C1CC1. The lowest BCUT2D eigenvalue weighted by atomic mass is 10.1. The zero-order chi connectivity index (χ0) is 9.03. The minimum atomic E-state index is -0.204. The van der Waals surface area contributed by atoms with E-state index < -0.39 is 0 Å². The van der Waals surface area contributed by atoms with Crippen LogP contribution in [0.1, 0.15) is 46.0 Å². The first-order valence-corrected chi connectivity index (χ1v) is 5.48. The van der Waals surface area contributed by atoms with Gasteiger partial charge in [-0.2, -0.15) is 0 Å². The second-order valence-electron chi connectivity index (χ2n) is 3.62. The number of hydrogen-bond donors (Lipinski definition) is 0. The van der Waals surface area contributed by atoms with E-state index in [1.165, 1.54) is 25.7 Å². The Balaban J connectivity index is 2.34. The van der Waals surface area contributed by atoms with Crippen LogP contribution in [0.4, 0.5) is 0 Å². The van der Waals surface area contributed by atoms with Crippen molar-refractivity contribution < 1.29 is 4.74 Å². The standard InChI is InChI=1S/C10H20OS/c1-3-5-8-10(12,11-4-2)9-6-7-9/h9,12H,3-8H2,1-2H3/p-1. The van der Waals surface area contributed by atoms with Gasteiger partial charge in [0.1, 0.15) is 0 Å². The summed E-state index contributed by atoms with van der Waals surface area (Å²) >= 11 is 5.53. The van der Waals surface area contributed by atoms with Crippen molar-refractivity contribution in [1.82, 2.24) is 0 Å².